The van der Waals surface area contributed by atoms with E-state index in [1.807, 2.05) is 20.8 Å². The van der Waals surface area contributed by atoms with Crippen molar-refractivity contribution in [2.24, 2.45) is 0 Å². The van der Waals surface area contributed by atoms with E-state index >= 15 is 0 Å². The van der Waals surface area contributed by atoms with Gasteiger partial charge in [0, 0.05) is 26.1 Å². The summed E-state index contributed by atoms with van der Waals surface area (Å²) in [6.45, 7) is 11.6. The third-order valence-corrected chi connectivity index (χ3v) is 3.61. The molecule has 0 aliphatic heterocycles. The summed E-state index contributed by atoms with van der Waals surface area (Å²) in [5.41, 5.74) is 0. The molecule has 0 heterocycles. The number of ether oxygens (including phenoxy) is 6. The molecule has 0 aliphatic rings. The first-order valence-electron chi connectivity index (χ1n) is 10.2. The molecule has 0 saturated carbocycles. The summed E-state index contributed by atoms with van der Waals surface area (Å²) < 4.78 is 33.5. The maximum atomic E-state index is 12.3. The molecule has 0 amide bonds. The lowest BCUT2D eigenvalue weighted by atomic mass is 10.2. The number of carbonyl (C=O) groups is 2. The molecule has 0 N–H and O–H groups in total. The van der Waals surface area contributed by atoms with Crippen LogP contribution in [0.4, 0.5) is 0 Å². The van der Waals surface area contributed by atoms with E-state index < -0.39 is 24.2 Å². The van der Waals surface area contributed by atoms with E-state index in [-0.39, 0.29) is 26.1 Å². The monoisotopic (exact) mass is 405 g/mol. The summed E-state index contributed by atoms with van der Waals surface area (Å²) >= 11 is 0. The van der Waals surface area contributed by atoms with Gasteiger partial charge in [0.15, 0.2) is 6.10 Å². The Morgan fingerprint density at radius 1 is 0.857 bits per heavy atom. The Kier molecular flexibility index (Phi) is 15.0. The van der Waals surface area contributed by atoms with Gasteiger partial charge in [-0.25, -0.2) is 0 Å². The topological polar surface area (TPSA) is 89.5 Å². The Hall–Kier alpha value is -1.22. The minimum Gasteiger partial charge on any atom is -0.433 e. The Balaban J connectivity index is 5.49. The highest BCUT2D eigenvalue weighted by molar-refractivity contribution is 5.70. The molecular formula is C20H37O8. The van der Waals surface area contributed by atoms with E-state index in [0.717, 1.165) is 6.42 Å². The largest absolute Gasteiger partial charge is 0.433 e. The summed E-state index contributed by atoms with van der Waals surface area (Å²) in [7, 11) is 0. The van der Waals surface area contributed by atoms with Gasteiger partial charge < -0.3 is 28.4 Å². The van der Waals surface area contributed by atoms with Crippen molar-refractivity contribution in [1.29, 1.82) is 0 Å². The number of rotatable bonds is 17. The molecule has 0 spiro atoms. The second kappa shape index (κ2) is 15.7. The molecular weight excluding hydrogens is 368 g/mol. The lowest BCUT2D eigenvalue weighted by molar-refractivity contribution is -0.382. The zero-order valence-electron chi connectivity index (χ0n) is 18.2. The van der Waals surface area contributed by atoms with E-state index in [0.29, 0.717) is 32.2 Å². The highest BCUT2D eigenvalue weighted by Gasteiger charge is 2.47. The quantitative estimate of drug-likeness (QED) is 0.267. The van der Waals surface area contributed by atoms with Gasteiger partial charge >= 0.3 is 17.9 Å². The van der Waals surface area contributed by atoms with Crippen molar-refractivity contribution in [3.05, 3.63) is 6.10 Å². The van der Waals surface area contributed by atoms with E-state index in [9.17, 15) is 9.59 Å². The first-order chi connectivity index (χ1) is 13.4. The van der Waals surface area contributed by atoms with Crippen LogP contribution in [0, 0.1) is 6.10 Å². The summed E-state index contributed by atoms with van der Waals surface area (Å²) in [5.74, 6) is -2.70. The van der Waals surface area contributed by atoms with Gasteiger partial charge in [0.2, 0.25) is 6.29 Å². The molecule has 1 radical (unpaired) electrons. The van der Waals surface area contributed by atoms with Crippen molar-refractivity contribution in [1.82, 2.24) is 0 Å². The second-order valence-electron chi connectivity index (χ2n) is 5.82. The SMILES string of the molecule is CCCCC(=O)OC(OCC)(OCC(OCC)OC(=O)CC)[C](CC)OCC. The molecule has 0 bridgehead atoms. The third kappa shape index (κ3) is 9.82. The first-order valence-corrected chi connectivity index (χ1v) is 10.2. The second-order valence-corrected chi connectivity index (χ2v) is 5.82. The van der Waals surface area contributed by atoms with Gasteiger partial charge in [-0.05, 0) is 33.6 Å². The van der Waals surface area contributed by atoms with Gasteiger partial charge in [-0.3, -0.25) is 9.59 Å². The molecule has 2 unspecified atom stereocenters. The highest BCUT2D eigenvalue weighted by atomic mass is 16.9. The predicted molar refractivity (Wildman–Crippen MR) is 103 cm³/mol. The minimum absolute atomic E-state index is 0.183. The van der Waals surface area contributed by atoms with Crippen LogP contribution in [0.2, 0.25) is 0 Å². The molecule has 0 fully saturated rings. The summed E-state index contributed by atoms with van der Waals surface area (Å²) in [6.07, 6.45) is 1.77. The van der Waals surface area contributed by atoms with Crippen molar-refractivity contribution < 1.29 is 38.0 Å². The summed E-state index contributed by atoms with van der Waals surface area (Å²) in [4.78, 5) is 24.0. The van der Waals surface area contributed by atoms with Gasteiger partial charge in [0.1, 0.15) is 6.61 Å². The van der Waals surface area contributed by atoms with Crippen LogP contribution < -0.4 is 0 Å². The van der Waals surface area contributed by atoms with E-state index in [1.165, 1.54) is 0 Å². The molecule has 0 aromatic heterocycles. The number of esters is 2. The average Bonchev–Trinajstić information content (AvgIpc) is 2.68. The zero-order valence-corrected chi connectivity index (χ0v) is 18.2. The number of unbranched alkanes of at least 4 members (excludes halogenated alkanes) is 1. The third-order valence-electron chi connectivity index (χ3n) is 3.61. The lowest BCUT2D eigenvalue weighted by Gasteiger charge is -2.37. The normalized spacial score (nSPS) is 14.5. The fourth-order valence-corrected chi connectivity index (χ4v) is 2.32. The van der Waals surface area contributed by atoms with Crippen LogP contribution in [0.3, 0.4) is 0 Å². The molecule has 0 aromatic rings. The van der Waals surface area contributed by atoms with Crippen LogP contribution >= 0.6 is 0 Å². The zero-order chi connectivity index (χ0) is 21.4. The van der Waals surface area contributed by atoms with Gasteiger partial charge in [-0.2, -0.15) is 0 Å². The Morgan fingerprint density at radius 3 is 2.07 bits per heavy atom. The fraction of sp³-hybridized carbons (Fsp3) is 0.850. The molecule has 165 valence electrons. The molecule has 0 aliphatic carbocycles. The van der Waals surface area contributed by atoms with E-state index in [1.54, 1.807) is 20.8 Å². The lowest BCUT2D eigenvalue weighted by Crippen LogP contribution is -2.49. The summed E-state index contributed by atoms with van der Waals surface area (Å²) in [5, 5.41) is 0. The van der Waals surface area contributed by atoms with E-state index in [4.69, 9.17) is 28.4 Å². The number of hydrogen-bond donors (Lipinski definition) is 0. The van der Waals surface area contributed by atoms with Gasteiger partial charge in [0.05, 0.1) is 6.61 Å². The predicted octanol–water partition coefficient (Wildman–Crippen LogP) is 3.72. The Labute approximate surface area is 169 Å². The van der Waals surface area contributed by atoms with Crippen LogP contribution in [0.25, 0.3) is 0 Å². The van der Waals surface area contributed by atoms with Crippen LogP contribution in [-0.2, 0) is 38.0 Å². The molecule has 0 rings (SSSR count). The summed E-state index contributed by atoms with van der Waals surface area (Å²) in [6, 6.07) is 0. The average molecular weight is 406 g/mol. The van der Waals surface area contributed by atoms with Crippen LogP contribution in [0.15, 0.2) is 0 Å². The Bertz CT molecular complexity index is 428. The number of carbonyl (C=O) groups excluding carboxylic acids is 2. The first kappa shape index (κ1) is 26.8. The molecule has 8 nitrogen and oxygen atoms in total. The van der Waals surface area contributed by atoms with Crippen molar-refractivity contribution in [3.63, 3.8) is 0 Å². The number of hydrogen-bond acceptors (Lipinski definition) is 8. The minimum atomic E-state index is -1.82. The van der Waals surface area contributed by atoms with Gasteiger partial charge in [-0.15, -0.1) is 0 Å². The maximum absolute atomic E-state index is 12.3. The van der Waals surface area contributed by atoms with Crippen LogP contribution in [0.1, 0.15) is 73.6 Å². The highest BCUT2D eigenvalue weighted by Crippen LogP contribution is 2.32. The standard InChI is InChI=1S/C20H37O8/c1-7-13-14-18(22)28-20(25-12-6,16(8-2)23-10-4)26-15-19(24-11-5)27-17(21)9-3/h19H,7-15H2,1-6H3. The smallest absolute Gasteiger partial charge is 0.363 e. The molecule has 0 saturated heterocycles. The van der Waals surface area contributed by atoms with Gasteiger partial charge in [-0.1, -0.05) is 27.2 Å². The van der Waals surface area contributed by atoms with Crippen LogP contribution in [-0.4, -0.2) is 50.6 Å². The fourth-order valence-electron chi connectivity index (χ4n) is 2.32. The molecule has 0 aromatic carbocycles. The molecule has 28 heavy (non-hydrogen) atoms. The van der Waals surface area contributed by atoms with Crippen LogP contribution in [0.5, 0.6) is 0 Å². The Morgan fingerprint density at radius 2 is 1.57 bits per heavy atom. The van der Waals surface area contributed by atoms with Crippen molar-refractivity contribution in [2.75, 3.05) is 26.4 Å². The maximum Gasteiger partial charge on any atom is 0.363 e. The van der Waals surface area contributed by atoms with Crippen molar-refractivity contribution in [2.45, 2.75) is 85.9 Å². The molecule has 2 atom stereocenters. The molecule has 8 heteroatoms. The van der Waals surface area contributed by atoms with Crippen molar-refractivity contribution >= 4 is 11.9 Å². The van der Waals surface area contributed by atoms with E-state index in [2.05, 4.69) is 0 Å². The van der Waals surface area contributed by atoms with Gasteiger partial charge in [0.25, 0.3) is 0 Å². The van der Waals surface area contributed by atoms with Crippen molar-refractivity contribution in [3.8, 4) is 0 Å².